The molecule has 1 aliphatic heterocycles. The van der Waals surface area contributed by atoms with Gasteiger partial charge >= 0.3 is 5.97 Å². The monoisotopic (exact) mass is 581 g/mol. The van der Waals surface area contributed by atoms with Gasteiger partial charge in [0.1, 0.15) is 31.3 Å². The third-order valence-corrected chi connectivity index (χ3v) is 7.41. The number of esters is 1. The number of ether oxygens (including phenoxy) is 3. The maximum absolute atomic E-state index is 12.9. The lowest BCUT2D eigenvalue weighted by Crippen LogP contribution is -2.33. The summed E-state index contributed by atoms with van der Waals surface area (Å²) in [5.74, 6) is 0.109. The molecule has 0 aromatic heterocycles. The van der Waals surface area contributed by atoms with E-state index in [0.717, 1.165) is 43.1 Å². The van der Waals surface area contributed by atoms with Gasteiger partial charge in [-0.25, -0.2) is 4.79 Å². The normalized spacial score (nSPS) is 12.6. The molecule has 0 saturated carbocycles. The Kier molecular flexibility index (Phi) is 8.68. The summed E-state index contributed by atoms with van der Waals surface area (Å²) in [5.41, 5.74) is 0.875. The second kappa shape index (κ2) is 12.7. The number of carbonyl (C=O) groups is 4. The van der Waals surface area contributed by atoms with Gasteiger partial charge in [-0.15, -0.1) is 0 Å². The Labute approximate surface area is 246 Å². The van der Waals surface area contributed by atoms with Crippen molar-refractivity contribution in [2.45, 2.75) is 11.8 Å². The molecule has 0 saturated heterocycles. The highest BCUT2D eigenvalue weighted by Gasteiger charge is 2.22. The summed E-state index contributed by atoms with van der Waals surface area (Å²) in [5, 5.41) is 3.99. The average Bonchev–Trinajstić information content (AvgIpc) is 3.31. The molecule has 212 valence electrons. The van der Waals surface area contributed by atoms with Gasteiger partial charge in [0.15, 0.2) is 0 Å². The highest BCUT2D eigenvalue weighted by Crippen LogP contribution is 2.32. The Bertz CT molecular complexity index is 1730. The molecule has 0 aliphatic carbocycles. The predicted molar refractivity (Wildman–Crippen MR) is 161 cm³/mol. The van der Waals surface area contributed by atoms with Crippen molar-refractivity contribution in [2.75, 3.05) is 26.4 Å². The number of imide groups is 1. The zero-order valence-electron chi connectivity index (χ0n) is 22.8. The maximum atomic E-state index is 12.9. The number of hydrogen-bond donors (Lipinski definition) is 0. The molecule has 0 fully saturated rings. The van der Waals surface area contributed by atoms with E-state index >= 15 is 0 Å². The number of benzene rings is 4. The highest BCUT2D eigenvalue weighted by atomic mass is 32.2. The third-order valence-electron chi connectivity index (χ3n) is 6.50. The molecule has 1 aliphatic rings. The van der Waals surface area contributed by atoms with Gasteiger partial charge in [0.25, 0.3) is 11.8 Å². The van der Waals surface area contributed by atoms with Crippen LogP contribution in [0.5, 0.6) is 11.5 Å². The molecule has 0 N–H and O–H groups in total. The number of nitrogens with zero attached hydrogens (tertiary/aromatic N) is 1. The van der Waals surface area contributed by atoms with E-state index in [2.05, 4.69) is 6.58 Å². The first-order chi connectivity index (χ1) is 20.3. The molecular weight excluding hydrogens is 554 g/mol. The van der Waals surface area contributed by atoms with Gasteiger partial charge < -0.3 is 14.2 Å². The van der Waals surface area contributed by atoms with E-state index in [1.54, 1.807) is 31.2 Å². The molecule has 2 amide bonds. The largest absolute Gasteiger partial charge is 0.492 e. The Balaban J connectivity index is 1.18. The lowest BCUT2D eigenvalue weighted by atomic mass is 10.0. The van der Waals surface area contributed by atoms with E-state index in [-0.39, 0.29) is 43.3 Å². The molecule has 5 rings (SSSR count). The van der Waals surface area contributed by atoms with Crippen LogP contribution in [-0.4, -0.2) is 54.2 Å². The van der Waals surface area contributed by atoms with Crippen LogP contribution in [0.4, 0.5) is 0 Å². The van der Waals surface area contributed by atoms with Crippen LogP contribution >= 0.6 is 11.8 Å². The molecule has 0 unspecified atom stereocenters. The Morgan fingerprint density at radius 1 is 0.762 bits per heavy atom. The van der Waals surface area contributed by atoms with E-state index in [1.807, 2.05) is 48.5 Å². The molecule has 9 heteroatoms. The fourth-order valence-electron chi connectivity index (χ4n) is 4.36. The van der Waals surface area contributed by atoms with Gasteiger partial charge in [0, 0.05) is 28.2 Å². The third kappa shape index (κ3) is 6.70. The highest BCUT2D eigenvalue weighted by molar-refractivity contribution is 8.14. The van der Waals surface area contributed by atoms with Gasteiger partial charge in [-0.05, 0) is 88.8 Å². The minimum Gasteiger partial charge on any atom is -0.492 e. The van der Waals surface area contributed by atoms with Gasteiger partial charge in [0.2, 0.25) is 5.12 Å². The fourth-order valence-corrected chi connectivity index (χ4v) is 5.15. The topological polar surface area (TPSA) is 99.2 Å². The van der Waals surface area contributed by atoms with Crippen LogP contribution in [0.3, 0.4) is 0 Å². The molecular formula is C33H27NO7S. The molecule has 0 radical (unpaired) electrons. The Hall–Kier alpha value is -4.89. The molecule has 1 heterocycles. The molecule has 4 aromatic carbocycles. The van der Waals surface area contributed by atoms with Crippen LogP contribution in [0.2, 0.25) is 0 Å². The van der Waals surface area contributed by atoms with E-state index in [0.29, 0.717) is 22.6 Å². The van der Waals surface area contributed by atoms with Crippen molar-refractivity contribution in [3.8, 4) is 11.5 Å². The minimum absolute atomic E-state index is 0.0908. The minimum atomic E-state index is -0.458. The molecule has 42 heavy (non-hydrogen) atoms. The van der Waals surface area contributed by atoms with E-state index < -0.39 is 5.97 Å². The summed E-state index contributed by atoms with van der Waals surface area (Å²) < 4.78 is 16.4. The van der Waals surface area contributed by atoms with Gasteiger partial charge in [-0.1, -0.05) is 30.8 Å². The number of carbonyl (C=O) groups excluding carboxylic acids is 4. The van der Waals surface area contributed by atoms with Crippen LogP contribution in [0.15, 0.2) is 102 Å². The number of thioether (sulfide) groups is 1. The lowest BCUT2D eigenvalue weighted by Gasteiger charge is -2.14. The smallest absolute Gasteiger partial charge is 0.333 e. The molecule has 8 nitrogen and oxygen atoms in total. The number of amides is 2. The lowest BCUT2D eigenvalue weighted by molar-refractivity contribution is -0.140. The zero-order valence-corrected chi connectivity index (χ0v) is 23.6. The number of fused-ring (bicyclic) bond motifs is 3. The van der Waals surface area contributed by atoms with Crippen LogP contribution in [-0.2, 0) is 19.1 Å². The van der Waals surface area contributed by atoms with E-state index in [4.69, 9.17) is 14.2 Å². The molecule has 0 spiro atoms. The maximum Gasteiger partial charge on any atom is 0.333 e. The van der Waals surface area contributed by atoms with E-state index in [9.17, 15) is 19.2 Å². The Morgan fingerprint density at radius 3 is 2.07 bits per heavy atom. The SMILES string of the molecule is C=C(C)C(=O)OCCOc1ccc(C(=O)Sc2ccc3c(ccc4cc(OCCN5C(=O)C=CC5=O)ccc43)c2)cc1. The first-order valence-electron chi connectivity index (χ1n) is 13.2. The van der Waals surface area contributed by atoms with Crippen LogP contribution in [0, 0.1) is 0 Å². The zero-order chi connectivity index (χ0) is 29.6. The van der Waals surface area contributed by atoms with Gasteiger partial charge in [-0.2, -0.15) is 0 Å². The standard InChI is InChI=1S/C33H27NO7S/c1-21(2)32(37)41-18-17-40-25-7-5-22(6-8-25)33(38)42-27-10-12-29-24(20-27)4-3-23-19-26(9-11-28(23)29)39-16-15-34-30(35)13-14-31(34)36/h3-14,19-20H,1,15-18H2,2H3. The first-order valence-corrected chi connectivity index (χ1v) is 14.0. The first kappa shape index (κ1) is 28.6. The number of rotatable bonds is 11. The van der Waals surface area contributed by atoms with Crippen molar-refractivity contribution >= 4 is 56.2 Å². The quantitative estimate of drug-likeness (QED) is 0.0553. The summed E-state index contributed by atoms with van der Waals surface area (Å²) in [6, 6.07) is 22.5. The summed E-state index contributed by atoms with van der Waals surface area (Å²) in [4.78, 5) is 49.7. The fraction of sp³-hybridized carbons (Fsp3) is 0.152. The second-order valence-electron chi connectivity index (χ2n) is 9.52. The van der Waals surface area contributed by atoms with Crippen LogP contribution < -0.4 is 9.47 Å². The van der Waals surface area contributed by atoms with Crippen molar-refractivity contribution in [1.82, 2.24) is 4.90 Å². The van der Waals surface area contributed by atoms with Gasteiger partial charge in [0.05, 0.1) is 6.54 Å². The molecule has 0 bridgehead atoms. The van der Waals surface area contributed by atoms with Crippen molar-refractivity contribution < 1.29 is 33.4 Å². The molecule has 0 atom stereocenters. The van der Waals surface area contributed by atoms with Crippen LogP contribution in [0.25, 0.3) is 21.5 Å². The van der Waals surface area contributed by atoms with Crippen molar-refractivity contribution in [1.29, 1.82) is 0 Å². The van der Waals surface area contributed by atoms with Crippen molar-refractivity contribution in [3.05, 3.63) is 103 Å². The van der Waals surface area contributed by atoms with Crippen LogP contribution in [0.1, 0.15) is 17.3 Å². The summed E-state index contributed by atoms with van der Waals surface area (Å²) >= 11 is 1.15. The van der Waals surface area contributed by atoms with Crippen molar-refractivity contribution in [2.24, 2.45) is 0 Å². The summed E-state index contributed by atoms with van der Waals surface area (Å²) in [6.45, 7) is 5.81. The summed E-state index contributed by atoms with van der Waals surface area (Å²) in [7, 11) is 0. The van der Waals surface area contributed by atoms with Gasteiger partial charge in [-0.3, -0.25) is 19.3 Å². The van der Waals surface area contributed by atoms with E-state index in [1.165, 1.54) is 12.2 Å². The molecule has 4 aromatic rings. The predicted octanol–water partition coefficient (Wildman–Crippen LogP) is 5.73. The second-order valence-corrected chi connectivity index (χ2v) is 10.6. The number of hydrogen-bond acceptors (Lipinski definition) is 8. The summed E-state index contributed by atoms with van der Waals surface area (Å²) in [6.07, 6.45) is 2.52. The average molecular weight is 582 g/mol. The van der Waals surface area contributed by atoms with Crippen molar-refractivity contribution in [3.63, 3.8) is 0 Å². The Morgan fingerprint density at radius 2 is 1.38 bits per heavy atom.